The van der Waals surface area contributed by atoms with Gasteiger partial charge in [-0.2, -0.15) is 0 Å². The molecule has 2 N–H and O–H groups in total. The van der Waals surface area contributed by atoms with Crippen molar-refractivity contribution in [2.24, 2.45) is 0 Å². The number of carboxylic acids is 1. The number of ether oxygens (including phenoxy) is 1. The second-order valence-electron chi connectivity index (χ2n) is 5.72. The van der Waals surface area contributed by atoms with E-state index in [1.54, 1.807) is 18.2 Å². The van der Waals surface area contributed by atoms with Crippen molar-refractivity contribution in [2.45, 2.75) is 26.7 Å². The van der Waals surface area contributed by atoms with Gasteiger partial charge in [0.25, 0.3) is 0 Å². The summed E-state index contributed by atoms with van der Waals surface area (Å²) in [5.74, 6) is -0.607. The van der Waals surface area contributed by atoms with Crippen molar-refractivity contribution in [1.82, 2.24) is 0 Å². The molecule has 0 aliphatic heterocycles. The average Bonchev–Trinajstić information content (AvgIpc) is 2.56. The number of para-hydroxylation sites is 1. The fourth-order valence-corrected chi connectivity index (χ4v) is 2.51. The molecule has 2 aromatic rings. The Labute approximate surface area is 151 Å². The first-order chi connectivity index (χ1) is 11.9. The molecule has 25 heavy (non-hydrogen) atoms. The molecule has 6 heteroatoms. The van der Waals surface area contributed by atoms with Crippen molar-refractivity contribution in [3.8, 4) is 5.75 Å². The minimum atomic E-state index is -1.08. The fraction of sp³-hybridized carbons (Fsp3) is 0.263. The van der Waals surface area contributed by atoms with Crippen LogP contribution in [0.3, 0.4) is 0 Å². The van der Waals surface area contributed by atoms with E-state index in [0.29, 0.717) is 18.7 Å². The largest absolute Gasteiger partial charge is 0.494 e. The van der Waals surface area contributed by atoms with E-state index in [4.69, 9.17) is 21.4 Å². The lowest BCUT2D eigenvalue weighted by Crippen LogP contribution is -2.15. The summed E-state index contributed by atoms with van der Waals surface area (Å²) in [5, 5.41) is 12.5. The van der Waals surface area contributed by atoms with Gasteiger partial charge in [-0.05, 0) is 55.7 Å². The Kier molecular flexibility index (Phi) is 6.42. The van der Waals surface area contributed by atoms with Crippen LogP contribution in [0, 0.1) is 13.8 Å². The van der Waals surface area contributed by atoms with E-state index in [1.165, 1.54) is 6.07 Å². The van der Waals surface area contributed by atoms with Crippen LogP contribution >= 0.6 is 11.6 Å². The first-order valence-corrected chi connectivity index (χ1v) is 8.28. The molecule has 0 unspecified atom stereocenters. The summed E-state index contributed by atoms with van der Waals surface area (Å²) >= 11 is 6.11. The van der Waals surface area contributed by atoms with Gasteiger partial charge < -0.3 is 15.2 Å². The summed E-state index contributed by atoms with van der Waals surface area (Å²) in [6.07, 6.45) is 0.751. The van der Waals surface area contributed by atoms with E-state index in [1.807, 2.05) is 26.0 Å². The van der Waals surface area contributed by atoms with Crippen molar-refractivity contribution in [3.63, 3.8) is 0 Å². The number of nitrogens with one attached hydrogen (secondary N) is 1. The number of hydrogen-bond acceptors (Lipinski definition) is 3. The van der Waals surface area contributed by atoms with E-state index >= 15 is 0 Å². The highest BCUT2D eigenvalue weighted by molar-refractivity contribution is 6.32. The van der Waals surface area contributed by atoms with Crippen LogP contribution in [-0.2, 0) is 4.79 Å². The van der Waals surface area contributed by atoms with Crippen LogP contribution in [0.25, 0.3) is 0 Å². The van der Waals surface area contributed by atoms with Gasteiger partial charge in [0.05, 0.1) is 17.9 Å². The van der Waals surface area contributed by atoms with Gasteiger partial charge in [0.1, 0.15) is 5.75 Å². The lowest BCUT2D eigenvalue weighted by Gasteiger charge is -2.11. The number of rotatable bonds is 7. The molecular weight excluding hydrogens is 342 g/mol. The number of carbonyl (C=O) groups excluding carboxylic acids is 1. The van der Waals surface area contributed by atoms with Gasteiger partial charge in [0, 0.05) is 11.4 Å². The zero-order valence-electron chi connectivity index (χ0n) is 14.1. The van der Waals surface area contributed by atoms with E-state index in [2.05, 4.69) is 5.32 Å². The third kappa shape index (κ3) is 5.22. The second-order valence-corrected chi connectivity index (χ2v) is 6.10. The van der Waals surface area contributed by atoms with Gasteiger partial charge in [-0.15, -0.1) is 0 Å². The standard InChI is InChI=1S/C19H20ClNO4/c1-12-10-14(11-13(2)18(12)20)25-9-5-8-17(22)21-16-7-4-3-6-15(16)19(23)24/h3-4,6-7,10-11H,5,8-9H2,1-2H3,(H,21,22)(H,23,24). The molecule has 0 fully saturated rings. The van der Waals surface area contributed by atoms with Gasteiger partial charge in [-0.25, -0.2) is 4.79 Å². The molecule has 0 aliphatic carbocycles. The number of anilines is 1. The fourth-order valence-electron chi connectivity index (χ4n) is 2.40. The molecule has 1 amide bonds. The Morgan fingerprint density at radius 2 is 1.80 bits per heavy atom. The molecule has 0 heterocycles. The summed E-state index contributed by atoms with van der Waals surface area (Å²) in [5.41, 5.74) is 2.25. The number of aromatic carboxylic acids is 1. The Hall–Kier alpha value is -2.53. The average molecular weight is 362 g/mol. The number of carboxylic acid groups (broad SMARTS) is 1. The lowest BCUT2D eigenvalue weighted by molar-refractivity contribution is -0.116. The van der Waals surface area contributed by atoms with Crippen molar-refractivity contribution < 1.29 is 19.4 Å². The van der Waals surface area contributed by atoms with Crippen LogP contribution in [0.5, 0.6) is 5.75 Å². The summed E-state index contributed by atoms with van der Waals surface area (Å²) < 4.78 is 5.65. The molecule has 0 aliphatic rings. The quantitative estimate of drug-likeness (QED) is 0.714. The van der Waals surface area contributed by atoms with Crippen LogP contribution in [0.1, 0.15) is 34.3 Å². The second kappa shape index (κ2) is 8.53. The highest BCUT2D eigenvalue weighted by Gasteiger charge is 2.11. The first kappa shape index (κ1) is 18.8. The molecule has 0 bridgehead atoms. The highest BCUT2D eigenvalue weighted by atomic mass is 35.5. The van der Waals surface area contributed by atoms with Crippen molar-refractivity contribution in [1.29, 1.82) is 0 Å². The normalized spacial score (nSPS) is 10.4. The first-order valence-electron chi connectivity index (χ1n) is 7.90. The Morgan fingerprint density at radius 3 is 2.44 bits per heavy atom. The monoisotopic (exact) mass is 361 g/mol. The minimum absolute atomic E-state index is 0.0687. The van der Waals surface area contributed by atoms with Gasteiger partial charge >= 0.3 is 5.97 Å². The molecule has 2 aromatic carbocycles. The van der Waals surface area contributed by atoms with Crippen molar-refractivity contribution in [2.75, 3.05) is 11.9 Å². The van der Waals surface area contributed by atoms with E-state index in [9.17, 15) is 9.59 Å². The maximum Gasteiger partial charge on any atom is 0.337 e. The van der Waals surface area contributed by atoms with Crippen LogP contribution in [0.15, 0.2) is 36.4 Å². The predicted octanol–water partition coefficient (Wildman–Crippen LogP) is 4.45. The maximum atomic E-state index is 12.0. The number of aryl methyl sites for hydroxylation is 2. The Morgan fingerprint density at radius 1 is 1.16 bits per heavy atom. The third-order valence-corrected chi connectivity index (χ3v) is 4.25. The molecule has 5 nitrogen and oxygen atoms in total. The van der Waals surface area contributed by atoms with Crippen LogP contribution in [-0.4, -0.2) is 23.6 Å². The molecule has 2 rings (SSSR count). The molecule has 0 atom stereocenters. The number of amides is 1. The zero-order valence-corrected chi connectivity index (χ0v) is 14.9. The maximum absolute atomic E-state index is 12.0. The van der Waals surface area contributed by atoms with Crippen molar-refractivity contribution in [3.05, 3.63) is 58.1 Å². The topological polar surface area (TPSA) is 75.6 Å². The van der Waals surface area contributed by atoms with Gasteiger partial charge in [0.2, 0.25) is 5.91 Å². The van der Waals surface area contributed by atoms with Crippen LogP contribution in [0.2, 0.25) is 5.02 Å². The number of carbonyl (C=O) groups is 2. The summed E-state index contributed by atoms with van der Waals surface area (Å²) in [6.45, 7) is 4.21. The minimum Gasteiger partial charge on any atom is -0.494 e. The van der Waals surface area contributed by atoms with Gasteiger partial charge in [-0.1, -0.05) is 23.7 Å². The number of halogens is 1. The number of benzene rings is 2. The predicted molar refractivity (Wildman–Crippen MR) is 97.7 cm³/mol. The lowest BCUT2D eigenvalue weighted by atomic mass is 10.1. The molecule has 0 radical (unpaired) electrons. The van der Waals surface area contributed by atoms with E-state index < -0.39 is 5.97 Å². The summed E-state index contributed by atoms with van der Waals surface area (Å²) in [7, 11) is 0. The number of hydrogen-bond donors (Lipinski definition) is 2. The molecule has 0 aromatic heterocycles. The Balaban J connectivity index is 1.83. The molecule has 0 saturated carbocycles. The summed E-state index contributed by atoms with van der Waals surface area (Å²) in [6, 6.07) is 10.0. The molecular formula is C19H20ClNO4. The van der Waals surface area contributed by atoms with E-state index in [-0.39, 0.29) is 17.9 Å². The van der Waals surface area contributed by atoms with Crippen LogP contribution in [0.4, 0.5) is 5.69 Å². The van der Waals surface area contributed by atoms with Gasteiger partial charge in [-0.3, -0.25) is 4.79 Å². The molecule has 0 spiro atoms. The third-order valence-electron chi connectivity index (χ3n) is 3.66. The Bertz CT molecular complexity index is 766. The van der Waals surface area contributed by atoms with Crippen molar-refractivity contribution >= 4 is 29.2 Å². The SMILES string of the molecule is Cc1cc(OCCCC(=O)Nc2ccccc2C(=O)O)cc(C)c1Cl. The van der Waals surface area contributed by atoms with Gasteiger partial charge in [0.15, 0.2) is 0 Å². The summed E-state index contributed by atoms with van der Waals surface area (Å²) in [4.78, 5) is 23.1. The molecule has 0 saturated heterocycles. The van der Waals surface area contributed by atoms with E-state index in [0.717, 1.165) is 21.9 Å². The molecule has 132 valence electrons. The van der Waals surface area contributed by atoms with Crippen LogP contribution < -0.4 is 10.1 Å². The smallest absolute Gasteiger partial charge is 0.337 e. The highest BCUT2D eigenvalue weighted by Crippen LogP contribution is 2.26. The zero-order chi connectivity index (χ0) is 18.4.